The maximum atomic E-state index is 12.8. The Kier molecular flexibility index (Phi) is 5.27. The van der Waals surface area contributed by atoms with Crippen LogP contribution in [0.1, 0.15) is 24.2 Å². The van der Waals surface area contributed by atoms with Gasteiger partial charge in [0.05, 0.1) is 28.8 Å². The Morgan fingerprint density at radius 3 is 2.74 bits per heavy atom. The Morgan fingerprint density at radius 2 is 2.00 bits per heavy atom. The fourth-order valence-corrected chi connectivity index (χ4v) is 3.77. The molecule has 7 nitrogen and oxygen atoms in total. The number of fused-ring (bicyclic) bond motifs is 1. The van der Waals surface area contributed by atoms with Crippen LogP contribution in [0.3, 0.4) is 0 Å². The van der Waals surface area contributed by atoms with Crippen LogP contribution in [-0.4, -0.2) is 40.7 Å². The SMILES string of the molecule is CC(C)OC(=O)c1cccc(NS(=O)(=O)c2ccc3c(c2)N(C)CCO3)c1. The van der Waals surface area contributed by atoms with Crippen LogP contribution in [0.2, 0.25) is 0 Å². The average Bonchev–Trinajstić information content (AvgIpc) is 2.61. The zero-order valence-corrected chi connectivity index (χ0v) is 16.2. The molecule has 0 unspecified atom stereocenters. The number of sulfonamides is 1. The van der Waals surface area contributed by atoms with Gasteiger partial charge >= 0.3 is 5.97 Å². The number of nitrogens with one attached hydrogen (secondary N) is 1. The highest BCUT2D eigenvalue weighted by Gasteiger charge is 2.21. The molecule has 0 amide bonds. The summed E-state index contributed by atoms with van der Waals surface area (Å²) in [5.41, 5.74) is 1.29. The number of hydrogen-bond acceptors (Lipinski definition) is 6. The third-order valence-electron chi connectivity index (χ3n) is 4.03. The van der Waals surface area contributed by atoms with E-state index in [9.17, 15) is 13.2 Å². The summed E-state index contributed by atoms with van der Waals surface area (Å²) in [7, 11) is -1.94. The van der Waals surface area contributed by atoms with Crippen LogP contribution in [0.4, 0.5) is 11.4 Å². The number of rotatable bonds is 5. The van der Waals surface area contributed by atoms with Gasteiger partial charge in [-0.05, 0) is 50.2 Å². The summed E-state index contributed by atoms with van der Waals surface area (Å²) in [6.45, 7) is 4.75. The minimum atomic E-state index is -3.82. The molecule has 1 aliphatic rings. The van der Waals surface area contributed by atoms with Gasteiger partial charge < -0.3 is 14.4 Å². The molecule has 0 saturated heterocycles. The number of likely N-dealkylation sites (N-methyl/N-ethyl adjacent to an activating group) is 1. The van der Waals surface area contributed by atoms with Gasteiger partial charge in [0.15, 0.2) is 0 Å². The number of ether oxygens (including phenoxy) is 2. The Bertz CT molecular complexity index is 956. The van der Waals surface area contributed by atoms with Crippen LogP contribution in [0, 0.1) is 0 Å². The third kappa shape index (κ3) is 4.33. The van der Waals surface area contributed by atoms with Crippen molar-refractivity contribution in [3.05, 3.63) is 48.0 Å². The molecule has 0 fully saturated rings. The molecular formula is C19H22N2O5S. The maximum absolute atomic E-state index is 12.8. The highest BCUT2D eigenvalue weighted by molar-refractivity contribution is 7.92. The van der Waals surface area contributed by atoms with Crippen LogP contribution in [0.5, 0.6) is 5.75 Å². The van der Waals surface area contributed by atoms with Crippen molar-refractivity contribution in [2.24, 2.45) is 0 Å². The zero-order valence-electron chi connectivity index (χ0n) is 15.4. The Hall–Kier alpha value is -2.74. The van der Waals surface area contributed by atoms with Gasteiger partial charge in [-0.2, -0.15) is 0 Å². The normalized spacial score (nSPS) is 13.7. The molecule has 1 N–H and O–H groups in total. The minimum absolute atomic E-state index is 0.119. The maximum Gasteiger partial charge on any atom is 0.338 e. The summed E-state index contributed by atoms with van der Waals surface area (Å²) >= 11 is 0. The lowest BCUT2D eigenvalue weighted by molar-refractivity contribution is 0.0378. The molecule has 0 bridgehead atoms. The molecule has 2 aromatic rings. The van der Waals surface area contributed by atoms with Crippen molar-refractivity contribution in [1.29, 1.82) is 0 Å². The molecule has 1 aliphatic heterocycles. The fraction of sp³-hybridized carbons (Fsp3) is 0.316. The van der Waals surface area contributed by atoms with Crippen LogP contribution < -0.4 is 14.4 Å². The van der Waals surface area contributed by atoms with Gasteiger partial charge in [0, 0.05) is 12.7 Å². The predicted molar refractivity (Wildman–Crippen MR) is 103 cm³/mol. The van der Waals surface area contributed by atoms with Crippen molar-refractivity contribution < 1.29 is 22.7 Å². The van der Waals surface area contributed by atoms with Crippen molar-refractivity contribution in [3.8, 4) is 5.75 Å². The van der Waals surface area contributed by atoms with Gasteiger partial charge in [-0.25, -0.2) is 13.2 Å². The van der Waals surface area contributed by atoms with Gasteiger partial charge in [-0.1, -0.05) is 6.07 Å². The lowest BCUT2D eigenvalue weighted by Crippen LogP contribution is -2.29. The molecule has 3 rings (SSSR count). The minimum Gasteiger partial charge on any atom is -0.490 e. The summed E-state index contributed by atoms with van der Waals surface area (Å²) in [4.78, 5) is 14.1. The number of anilines is 2. The second kappa shape index (κ2) is 7.48. The lowest BCUT2D eigenvalue weighted by atomic mass is 10.2. The van der Waals surface area contributed by atoms with Crippen molar-refractivity contribution >= 4 is 27.4 Å². The highest BCUT2D eigenvalue weighted by Crippen LogP contribution is 2.33. The summed E-state index contributed by atoms with van der Waals surface area (Å²) in [5.74, 6) is 0.153. The summed E-state index contributed by atoms with van der Waals surface area (Å²) in [6.07, 6.45) is -0.257. The van der Waals surface area contributed by atoms with E-state index in [-0.39, 0.29) is 22.3 Å². The lowest BCUT2D eigenvalue weighted by Gasteiger charge is -2.28. The van der Waals surface area contributed by atoms with Gasteiger partial charge in [0.25, 0.3) is 10.0 Å². The second-order valence-electron chi connectivity index (χ2n) is 6.54. The number of benzene rings is 2. The smallest absolute Gasteiger partial charge is 0.338 e. The van der Waals surface area contributed by atoms with Crippen LogP contribution in [0.25, 0.3) is 0 Å². The summed E-state index contributed by atoms with van der Waals surface area (Å²) in [5, 5.41) is 0. The molecule has 0 aliphatic carbocycles. The molecule has 1 heterocycles. The number of carbonyl (C=O) groups is 1. The van der Waals surface area contributed by atoms with Crippen molar-refractivity contribution in [1.82, 2.24) is 0 Å². The summed E-state index contributed by atoms with van der Waals surface area (Å²) < 4.78 is 38.7. The van der Waals surface area contributed by atoms with E-state index in [1.165, 1.54) is 12.1 Å². The first kappa shape index (κ1) is 19.0. The van der Waals surface area contributed by atoms with E-state index in [2.05, 4.69) is 4.72 Å². The number of nitrogens with zero attached hydrogens (tertiary/aromatic N) is 1. The molecule has 0 radical (unpaired) electrons. The van der Waals surface area contributed by atoms with Crippen molar-refractivity contribution in [2.75, 3.05) is 29.8 Å². The predicted octanol–water partition coefficient (Wildman–Crippen LogP) is 2.88. The molecule has 2 aromatic carbocycles. The Morgan fingerprint density at radius 1 is 1.22 bits per heavy atom. The van der Waals surface area contributed by atoms with E-state index >= 15 is 0 Å². The third-order valence-corrected chi connectivity index (χ3v) is 5.41. The second-order valence-corrected chi connectivity index (χ2v) is 8.22. The van der Waals surface area contributed by atoms with Crippen LogP contribution in [-0.2, 0) is 14.8 Å². The summed E-state index contributed by atoms with van der Waals surface area (Å²) in [6, 6.07) is 10.9. The first-order chi connectivity index (χ1) is 12.8. The van der Waals surface area contributed by atoms with Gasteiger partial charge in [-0.15, -0.1) is 0 Å². The first-order valence-corrected chi connectivity index (χ1v) is 10.1. The fourth-order valence-electron chi connectivity index (χ4n) is 2.70. The quantitative estimate of drug-likeness (QED) is 0.790. The topological polar surface area (TPSA) is 84.9 Å². The van der Waals surface area contributed by atoms with Crippen molar-refractivity contribution in [3.63, 3.8) is 0 Å². The molecule has 0 aromatic heterocycles. The average molecular weight is 390 g/mol. The molecule has 0 atom stereocenters. The van der Waals surface area contributed by atoms with E-state index in [1.54, 1.807) is 44.2 Å². The van der Waals surface area contributed by atoms with E-state index < -0.39 is 16.0 Å². The number of carbonyl (C=O) groups excluding carboxylic acids is 1. The molecular weight excluding hydrogens is 368 g/mol. The number of hydrogen-bond donors (Lipinski definition) is 1. The molecule has 0 spiro atoms. The van der Waals surface area contributed by atoms with E-state index in [1.807, 2.05) is 11.9 Å². The molecule has 8 heteroatoms. The van der Waals surface area contributed by atoms with Gasteiger partial charge in [-0.3, -0.25) is 4.72 Å². The van der Waals surface area contributed by atoms with E-state index in [0.717, 1.165) is 5.69 Å². The standard InChI is InChI=1S/C19H22N2O5S/c1-13(2)26-19(22)14-5-4-6-15(11-14)20-27(23,24)16-7-8-18-17(12-16)21(3)9-10-25-18/h4-8,11-13,20H,9-10H2,1-3H3. The van der Waals surface area contributed by atoms with Gasteiger partial charge in [0.1, 0.15) is 12.4 Å². The Labute approximate surface area is 158 Å². The highest BCUT2D eigenvalue weighted by atomic mass is 32.2. The molecule has 0 saturated carbocycles. The van der Waals surface area contributed by atoms with Gasteiger partial charge in [0.2, 0.25) is 0 Å². The van der Waals surface area contributed by atoms with Crippen molar-refractivity contribution in [2.45, 2.75) is 24.8 Å². The monoisotopic (exact) mass is 390 g/mol. The Balaban J connectivity index is 1.85. The van der Waals surface area contributed by atoms with Crippen LogP contribution >= 0.6 is 0 Å². The molecule has 144 valence electrons. The van der Waals surface area contributed by atoms with E-state index in [0.29, 0.717) is 18.9 Å². The first-order valence-electron chi connectivity index (χ1n) is 8.58. The number of esters is 1. The van der Waals surface area contributed by atoms with Crippen LogP contribution in [0.15, 0.2) is 47.4 Å². The largest absolute Gasteiger partial charge is 0.490 e. The zero-order chi connectivity index (χ0) is 19.6. The van der Waals surface area contributed by atoms with E-state index in [4.69, 9.17) is 9.47 Å². The molecule has 27 heavy (non-hydrogen) atoms.